The predicted octanol–water partition coefficient (Wildman–Crippen LogP) is 4.37. The Morgan fingerprint density at radius 3 is 2.61 bits per heavy atom. The Labute approximate surface area is 241 Å². The number of anilines is 1. The Balaban J connectivity index is 0.00000353. The molecule has 41 heavy (non-hydrogen) atoms. The summed E-state index contributed by atoms with van der Waals surface area (Å²) in [6.45, 7) is 5.91. The molecule has 1 saturated heterocycles. The molecule has 1 N–H and O–H groups in total. The molecule has 4 aromatic rings. The Morgan fingerprint density at radius 1 is 1.05 bits per heavy atom. The highest BCUT2D eigenvalue weighted by Gasteiger charge is 2.25. The topological polar surface area (TPSA) is 114 Å². The van der Waals surface area contributed by atoms with Gasteiger partial charge in [0.2, 0.25) is 0 Å². The molecular formula is C31H35N5O4S. The van der Waals surface area contributed by atoms with E-state index < -0.39 is 9.84 Å². The molecule has 0 radical (unpaired) electrons. The maximum Gasteiger partial charge on any atom is 0.251 e. The molecule has 6 rings (SSSR count). The molecule has 4 heterocycles. The van der Waals surface area contributed by atoms with Crippen molar-refractivity contribution in [2.75, 3.05) is 24.2 Å². The van der Waals surface area contributed by atoms with Crippen LogP contribution in [0.25, 0.3) is 22.3 Å². The maximum atomic E-state index is 13.0. The molecule has 10 heteroatoms. The molecule has 1 aliphatic heterocycles. The third kappa shape index (κ3) is 5.80. The normalized spacial score (nSPS) is 18.9. The fourth-order valence-electron chi connectivity index (χ4n) is 5.80. The number of hydrogen-bond acceptors (Lipinski definition) is 8. The highest BCUT2D eigenvalue weighted by Crippen LogP contribution is 2.30. The number of morpholine rings is 1. The SMILES string of the molecule is C[C@@H]1CN(c2cccc(-c3ccc4cnc(CNC(=O)c5cc6c(c(S(C)(=O)=O)c5)CCC6)cc4n3)n2)C[C@H](C)O1.[HH]. The Hall–Kier alpha value is -3.89. The number of ether oxygens (including phenoxy) is 1. The lowest BCUT2D eigenvalue weighted by atomic mass is 10.1. The van der Waals surface area contributed by atoms with E-state index in [9.17, 15) is 13.2 Å². The average Bonchev–Trinajstić information content (AvgIpc) is 3.43. The number of pyridine rings is 3. The minimum absolute atomic E-state index is 0. The fourth-order valence-corrected chi connectivity index (χ4v) is 6.83. The summed E-state index contributed by atoms with van der Waals surface area (Å²) >= 11 is 0. The highest BCUT2D eigenvalue weighted by atomic mass is 32.2. The standard InChI is InChI=1S/C31H33N5O4S.H2/c1-19-17-36(18-20(2)40-19)30-9-5-8-26(35-30)27-11-10-22-15-32-24(14-28(22)34-27)16-33-31(37)23-12-21-6-4-7-25(21)29(13-23)41(3,38)39;/h5,8-15,19-20H,4,6-7,16-18H2,1-3H3,(H,33,37);1H/t19-,20+;. The molecular weight excluding hydrogens is 538 g/mol. The number of nitrogens with zero attached hydrogens (tertiary/aromatic N) is 4. The zero-order chi connectivity index (χ0) is 28.7. The number of hydrogen-bond donors (Lipinski definition) is 1. The van der Waals surface area contributed by atoms with Gasteiger partial charge in [-0.2, -0.15) is 0 Å². The summed E-state index contributed by atoms with van der Waals surface area (Å²) in [5.41, 5.74) is 5.06. The second kappa shape index (κ2) is 10.8. The number of benzene rings is 1. The van der Waals surface area contributed by atoms with Gasteiger partial charge in [0.15, 0.2) is 9.84 Å². The van der Waals surface area contributed by atoms with Crippen LogP contribution in [0, 0.1) is 0 Å². The van der Waals surface area contributed by atoms with Gasteiger partial charge in [0, 0.05) is 37.9 Å². The van der Waals surface area contributed by atoms with E-state index in [1.54, 1.807) is 6.20 Å². The molecule has 2 aliphatic rings. The van der Waals surface area contributed by atoms with Gasteiger partial charge in [-0.3, -0.25) is 9.78 Å². The van der Waals surface area contributed by atoms with E-state index >= 15 is 0 Å². The van der Waals surface area contributed by atoms with Crippen LogP contribution < -0.4 is 10.2 Å². The molecule has 0 saturated carbocycles. The quantitative estimate of drug-likeness (QED) is 0.362. The lowest BCUT2D eigenvalue weighted by molar-refractivity contribution is -0.00545. The van der Waals surface area contributed by atoms with Gasteiger partial charge in [0.25, 0.3) is 5.91 Å². The molecule has 0 bridgehead atoms. The molecule has 0 unspecified atom stereocenters. The molecule has 2 atom stereocenters. The van der Waals surface area contributed by atoms with E-state index in [2.05, 4.69) is 29.0 Å². The Bertz CT molecular complexity index is 1750. The first kappa shape index (κ1) is 27.3. The third-order valence-corrected chi connectivity index (χ3v) is 8.80. The van der Waals surface area contributed by atoms with Crippen molar-refractivity contribution < 1.29 is 19.4 Å². The van der Waals surface area contributed by atoms with Gasteiger partial charge in [-0.15, -0.1) is 0 Å². The summed E-state index contributed by atoms with van der Waals surface area (Å²) in [5, 5.41) is 3.78. The molecule has 9 nitrogen and oxygen atoms in total. The van der Waals surface area contributed by atoms with Crippen molar-refractivity contribution in [3.63, 3.8) is 0 Å². The van der Waals surface area contributed by atoms with E-state index in [1.165, 1.54) is 12.3 Å². The van der Waals surface area contributed by atoms with Gasteiger partial charge < -0.3 is 15.0 Å². The van der Waals surface area contributed by atoms with E-state index in [1.807, 2.05) is 42.5 Å². The minimum Gasteiger partial charge on any atom is -0.372 e. The summed E-state index contributed by atoms with van der Waals surface area (Å²) in [6.07, 6.45) is 5.61. The van der Waals surface area contributed by atoms with E-state index in [4.69, 9.17) is 14.7 Å². The molecule has 214 valence electrons. The largest absolute Gasteiger partial charge is 0.372 e. The van der Waals surface area contributed by atoms with Crippen LogP contribution in [0.5, 0.6) is 0 Å². The van der Waals surface area contributed by atoms with Crippen LogP contribution in [0.3, 0.4) is 0 Å². The first-order chi connectivity index (χ1) is 19.6. The van der Waals surface area contributed by atoms with Crippen molar-refractivity contribution in [3.05, 3.63) is 77.1 Å². The summed E-state index contributed by atoms with van der Waals surface area (Å²) in [5.74, 6) is 0.566. The summed E-state index contributed by atoms with van der Waals surface area (Å²) in [4.78, 5) is 29.8. The maximum absolute atomic E-state index is 13.0. The first-order valence-electron chi connectivity index (χ1n) is 13.9. The molecule has 1 aromatic carbocycles. The van der Waals surface area contributed by atoms with Crippen molar-refractivity contribution in [2.45, 2.75) is 56.8 Å². The molecule has 0 spiro atoms. The first-order valence-corrected chi connectivity index (χ1v) is 15.8. The smallest absolute Gasteiger partial charge is 0.251 e. The summed E-state index contributed by atoms with van der Waals surface area (Å²) in [7, 11) is -3.43. The van der Waals surface area contributed by atoms with Crippen molar-refractivity contribution in [1.82, 2.24) is 20.3 Å². The number of aromatic nitrogens is 3. The number of carbonyl (C=O) groups excluding carboxylic acids is 1. The van der Waals surface area contributed by atoms with Crippen molar-refractivity contribution in [3.8, 4) is 11.4 Å². The van der Waals surface area contributed by atoms with Gasteiger partial charge in [-0.1, -0.05) is 6.07 Å². The Morgan fingerprint density at radius 2 is 1.83 bits per heavy atom. The number of sulfone groups is 1. The van der Waals surface area contributed by atoms with Crippen molar-refractivity contribution in [2.24, 2.45) is 0 Å². The molecule has 1 amide bonds. The zero-order valence-electron chi connectivity index (χ0n) is 23.4. The predicted molar refractivity (Wildman–Crippen MR) is 160 cm³/mol. The van der Waals surface area contributed by atoms with Gasteiger partial charge in [-0.25, -0.2) is 18.4 Å². The zero-order valence-corrected chi connectivity index (χ0v) is 24.2. The average molecular weight is 574 g/mol. The van der Waals surface area contributed by atoms with Crippen LogP contribution in [-0.4, -0.2) is 60.8 Å². The summed E-state index contributed by atoms with van der Waals surface area (Å²) in [6, 6.07) is 15.0. The lowest BCUT2D eigenvalue weighted by Gasteiger charge is -2.36. The minimum atomic E-state index is -3.43. The third-order valence-electron chi connectivity index (χ3n) is 7.64. The van der Waals surface area contributed by atoms with Crippen molar-refractivity contribution >= 4 is 32.5 Å². The summed E-state index contributed by atoms with van der Waals surface area (Å²) < 4.78 is 30.6. The second-order valence-electron chi connectivity index (χ2n) is 11.0. The van der Waals surface area contributed by atoms with Gasteiger partial charge >= 0.3 is 0 Å². The van der Waals surface area contributed by atoms with E-state index in [0.29, 0.717) is 11.3 Å². The number of carbonyl (C=O) groups is 1. The van der Waals surface area contributed by atoms with E-state index in [-0.39, 0.29) is 31.0 Å². The second-order valence-corrected chi connectivity index (χ2v) is 13.0. The number of rotatable bonds is 6. The van der Waals surface area contributed by atoms with E-state index in [0.717, 1.165) is 71.6 Å². The number of nitrogens with one attached hydrogen (secondary N) is 1. The molecule has 1 aliphatic carbocycles. The molecule has 3 aromatic heterocycles. The lowest BCUT2D eigenvalue weighted by Crippen LogP contribution is -2.45. The van der Waals surface area contributed by atoms with Gasteiger partial charge in [0.1, 0.15) is 5.82 Å². The molecule has 1 fully saturated rings. The van der Waals surface area contributed by atoms with Crippen LogP contribution in [0.15, 0.2) is 59.6 Å². The Kier molecular flexibility index (Phi) is 7.21. The van der Waals surface area contributed by atoms with Crippen LogP contribution >= 0.6 is 0 Å². The number of amides is 1. The van der Waals surface area contributed by atoms with Gasteiger partial charge in [0.05, 0.1) is 46.2 Å². The van der Waals surface area contributed by atoms with Crippen LogP contribution in [0.1, 0.15) is 48.9 Å². The van der Waals surface area contributed by atoms with Crippen LogP contribution in [-0.2, 0) is 34.0 Å². The highest BCUT2D eigenvalue weighted by molar-refractivity contribution is 7.90. The van der Waals surface area contributed by atoms with Crippen molar-refractivity contribution in [1.29, 1.82) is 0 Å². The number of fused-ring (bicyclic) bond motifs is 2. The number of aryl methyl sites for hydroxylation is 1. The van der Waals surface area contributed by atoms with Gasteiger partial charge in [-0.05, 0) is 86.7 Å². The fraction of sp³-hybridized carbons (Fsp3) is 0.355. The van der Waals surface area contributed by atoms with Crippen LogP contribution in [0.2, 0.25) is 0 Å². The monoisotopic (exact) mass is 573 g/mol. The van der Waals surface area contributed by atoms with Crippen LogP contribution in [0.4, 0.5) is 5.82 Å².